The lowest BCUT2D eigenvalue weighted by atomic mass is 9.83. The van der Waals surface area contributed by atoms with Gasteiger partial charge in [-0.25, -0.2) is 4.79 Å². The molecule has 2 N–H and O–H groups in total. The van der Waals surface area contributed by atoms with Gasteiger partial charge in [0, 0.05) is 22.2 Å². The van der Waals surface area contributed by atoms with Crippen LogP contribution in [0.2, 0.25) is 5.02 Å². The molecule has 9 heteroatoms. The lowest BCUT2D eigenvalue weighted by Gasteiger charge is -2.27. The lowest BCUT2D eigenvalue weighted by Crippen LogP contribution is -2.22. The van der Waals surface area contributed by atoms with Gasteiger partial charge in [0.05, 0.1) is 13.0 Å². The Morgan fingerprint density at radius 2 is 1.74 bits per heavy atom. The fourth-order valence-corrected chi connectivity index (χ4v) is 5.11. The third-order valence-corrected chi connectivity index (χ3v) is 7.40. The second-order valence-corrected chi connectivity index (χ2v) is 10.3. The number of nitrogens with two attached hydrogens (primary N) is 1. The number of rotatable bonds is 9. The third kappa shape index (κ3) is 6.37. The molecule has 1 aliphatic rings. The molecule has 1 aliphatic heterocycles. The minimum absolute atomic E-state index is 0.0418. The Kier molecular flexibility index (Phi) is 8.74. The Morgan fingerprint density at radius 1 is 0.977 bits per heavy atom. The molecule has 0 aromatic heterocycles. The second kappa shape index (κ2) is 12.8. The van der Waals surface area contributed by atoms with Crippen LogP contribution in [0.15, 0.2) is 90.3 Å². The minimum atomic E-state index is -0.576. The lowest BCUT2D eigenvalue weighted by molar-refractivity contribution is -0.136. The number of esters is 1. The number of para-hydroxylation sites is 1. The van der Waals surface area contributed by atoms with Gasteiger partial charge in [-0.05, 0) is 54.8 Å². The number of benzene rings is 4. The van der Waals surface area contributed by atoms with Crippen molar-refractivity contribution in [2.24, 2.45) is 5.73 Å². The number of halogens is 1. The molecule has 0 radical (unpaired) electrons. The first kappa shape index (κ1) is 29.4. The maximum absolute atomic E-state index is 12.6. The van der Waals surface area contributed by atoms with Gasteiger partial charge in [0.15, 0.2) is 18.1 Å². The average molecular weight is 597 g/mol. The summed E-state index contributed by atoms with van der Waals surface area (Å²) < 4.78 is 28.7. The molecule has 5 rings (SSSR count). The highest BCUT2D eigenvalue weighted by atomic mass is 35.5. The van der Waals surface area contributed by atoms with Crippen LogP contribution in [-0.2, 0) is 11.4 Å². The van der Waals surface area contributed by atoms with Crippen molar-refractivity contribution in [3.63, 3.8) is 0 Å². The Bertz CT molecular complexity index is 1740. The summed E-state index contributed by atoms with van der Waals surface area (Å²) in [7, 11) is 1.54. The second-order valence-electron chi connectivity index (χ2n) is 9.90. The molecular weight excluding hydrogens is 568 g/mol. The molecule has 8 nitrogen and oxygen atoms in total. The zero-order valence-corrected chi connectivity index (χ0v) is 24.6. The number of carbonyl (C=O) groups excluding carboxylic acids is 1. The molecule has 1 atom stereocenters. The van der Waals surface area contributed by atoms with E-state index < -0.39 is 11.9 Å². The SMILES string of the molecule is COc1cc(C2C(C#N)=C(N)Oc3cc(OC(=O)COc4c(C)cccc4C)ccc32)ccc1OCc1ccccc1Cl. The van der Waals surface area contributed by atoms with E-state index >= 15 is 0 Å². The molecule has 0 saturated carbocycles. The molecule has 0 saturated heterocycles. The molecule has 0 bridgehead atoms. The molecule has 218 valence electrons. The van der Waals surface area contributed by atoms with Crippen molar-refractivity contribution in [1.29, 1.82) is 5.26 Å². The average Bonchev–Trinajstić information content (AvgIpc) is 2.99. The monoisotopic (exact) mass is 596 g/mol. The van der Waals surface area contributed by atoms with E-state index in [0.29, 0.717) is 33.6 Å². The van der Waals surface area contributed by atoms with E-state index in [4.69, 9.17) is 41.0 Å². The van der Waals surface area contributed by atoms with Crippen LogP contribution in [0.25, 0.3) is 0 Å². The number of ether oxygens (including phenoxy) is 5. The number of allylic oxidation sites excluding steroid dienone is 1. The Labute approximate surface area is 254 Å². The Hall–Kier alpha value is -5.13. The standard InChI is InChI=1S/C34H29ClN2O6/c1-20-7-6-8-21(2)33(20)41-19-31(38)42-24-12-13-25-29(16-24)43-34(37)26(17-36)32(25)22-11-14-28(30(15-22)39-3)40-18-23-9-4-5-10-27(23)35/h4-16,32H,18-19,37H2,1-3H3. The summed E-state index contributed by atoms with van der Waals surface area (Å²) in [6.45, 7) is 3.81. The van der Waals surface area contributed by atoms with Gasteiger partial charge in [0.2, 0.25) is 5.88 Å². The molecule has 0 fully saturated rings. The first-order valence-corrected chi connectivity index (χ1v) is 13.8. The summed E-state index contributed by atoms with van der Waals surface area (Å²) in [5.74, 6) is 1.07. The van der Waals surface area contributed by atoms with Gasteiger partial charge in [-0.1, -0.05) is 60.1 Å². The fraction of sp³-hybridized carbons (Fsp3) is 0.176. The maximum Gasteiger partial charge on any atom is 0.349 e. The normalized spacial score (nSPS) is 13.8. The van der Waals surface area contributed by atoms with Crippen molar-refractivity contribution >= 4 is 17.6 Å². The molecule has 1 unspecified atom stereocenters. The van der Waals surface area contributed by atoms with Gasteiger partial charge in [0.1, 0.15) is 35.5 Å². The van der Waals surface area contributed by atoms with Crippen molar-refractivity contribution < 1.29 is 28.5 Å². The molecule has 0 aliphatic carbocycles. The largest absolute Gasteiger partial charge is 0.493 e. The molecule has 4 aromatic carbocycles. The van der Waals surface area contributed by atoms with Gasteiger partial charge in [-0.3, -0.25) is 0 Å². The molecule has 1 heterocycles. The van der Waals surface area contributed by atoms with Crippen LogP contribution in [0.1, 0.15) is 33.7 Å². The maximum atomic E-state index is 12.6. The predicted molar refractivity (Wildman–Crippen MR) is 162 cm³/mol. The van der Waals surface area contributed by atoms with Gasteiger partial charge >= 0.3 is 5.97 Å². The third-order valence-electron chi connectivity index (χ3n) is 7.03. The first-order valence-electron chi connectivity index (χ1n) is 13.4. The smallest absolute Gasteiger partial charge is 0.349 e. The number of methoxy groups -OCH3 is 1. The zero-order chi connectivity index (χ0) is 30.5. The minimum Gasteiger partial charge on any atom is -0.493 e. The molecule has 0 amide bonds. The fourth-order valence-electron chi connectivity index (χ4n) is 4.91. The number of nitrogens with zero attached hydrogens (tertiary/aromatic N) is 1. The van der Waals surface area contributed by atoms with Gasteiger partial charge in [-0.15, -0.1) is 0 Å². The topological polar surface area (TPSA) is 113 Å². The summed E-state index contributed by atoms with van der Waals surface area (Å²) in [5, 5.41) is 10.6. The van der Waals surface area contributed by atoms with E-state index in [1.54, 1.807) is 43.5 Å². The van der Waals surface area contributed by atoms with Crippen molar-refractivity contribution in [2.45, 2.75) is 26.4 Å². The van der Waals surface area contributed by atoms with E-state index in [-0.39, 0.29) is 30.4 Å². The number of hydrogen-bond acceptors (Lipinski definition) is 8. The van der Waals surface area contributed by atoms with Crippen LogP contribution in [0.5, 0.6) is 28.7 Å². The van der Waals surface area contributed by atoms with E-state index in [9.17, 15) is 10.1 Å². The van der Waals surface area contributed by atoms with Crippen LogP contribution in [-0.4, -0.2) is 19.7 Å². The van der Waals surface area contributed by atoms with Crippen LogP contribution in [0.3, 0.4) is 0 Å². The van der Waals surface area contributed by atoms with Crippen LogP contribution in [0.4, 0.5) is 0 Å². The summed E-state index contributed by atoms with van der Waals surface area (Å²) in [5.41, 5.74) is 10.5. The highest BCUT2D eigenvalue weighted by molar-refractivity contribution is 6.31. The summed E-state index contributed by atoms with van der Waals surface area (Å²) in [6, 6.07) is 25.7. The Balaban J connectivity index is 1.37. The van der Waals surface area contributed by atoms with Gasteiger partial charge in [0.25, 0.3) is 0 Å². The predicted octanol–water partition coefficient (Wildman–Crippen LogP) is 6.75. The molecular formula is C34H29ClN2O6. The van der Waals surface area contributed by atoms with Gasteiger partial charge in [-0.2, -0.15) is 5.26 Å². The van der Waals surface area contributed by atoms with E-state index in [1.165, 1.54) is 0 Å². The number of fused-ring (bicyclic) bond motifs is 1. The van der Waals surface area contributed by atoms with Gasteiger partial charge < -0.3 is 29.4 Å². The molecule has 4 aromatic rings. The number of carbonyl (C=O) groups is 1. The van der Waals surface area contributed by atoms with Crippen molar-refractivity contribution in [2.75, 3.05) is 13.7 Å². The summed E-state index contributed by atoms with van der Waals surface area (Å²) in [6.07, 6.45) is 0. The summed E-state index contributed by atoms with van der Waals surface area (Å²) in [4.78, 5) is 12.6. The van der Waals surface area contributed by atoms with E-state index in [1.807, 2.05) is 56.3 Å². The molecule has 43 heavy (non-hydrogen) atoms. The first-order chi connectivity index (χ1) is 20.8. The van der Waals surface area contributed by atoms with E-state index in [0.717, 1.165) is 22.3 Å². The van der Waals surface area contributed by atoms with Crippen LogP contribution < -0.4 is 29.4 Å². The Morgan fingerprint density at radius 3 is 2.47 bits per heavy atom. The van der Waals surface area contributed by atoms with E-state index in [2.05, 4.69) is 6.07 Å². The van der Waals surface area contributed by atoms with Crippen LogP contribution in [0, 0.1) is 25.2 Å². The highest BCUT2D eigenvalue weighted by Crippen LogP contribution is 2.45. The van der Waals surface area contributed by atoms with Crippen molar-refractivity contribution in [3.05, 3.63) is 123 Å². The van der Waals surface area contributed by atoms with Crippen molar-refractivity contribution in [3.8, 4) is 34.8 Å². The zero-order valence-electron chi connectivity index (χ0n) is 23.8. The number of aryl methyl sites for hydroxylation is 2. The van der Waals surface area contributed by atoms with Crippen molar-refractivity contribution in [1.82, 2.24) is 0 Å². The highest BCUT2D eigenvalue weighted by Gasteiger charge is 2.32. The molecule has 0 spiro atoms. The van der Waals surface area contributed by atoms with Crippen LogP contribution >= 0.6 is 11.6 Å². The summed E-state index contributed by atoms with van der Waals surface area (Å²) >= 11 is 6.27. The quantitative estimate of drug-likeness (QED) is 0.167. The number of hydrogen-bond donors (Lipinski definition) is 1. The number of nitriles is 1.